The summed E-state index contributed by atoms with van der Waals surface area (Å²) in [5.74, 6) is 0.856. The predicted molar refractivity (Wildman–Crippen MR) is 74.0 cm³/mol. The van der Waals surface area contributed by atoms with E-state index in [1.807, 2.05) is 13.8 Å². The largest absolute Gasteiger partial charge is 0.352 e. The van der Waals surface area contributed by atoms with Gasteiger partial charge in [0.05, 0.1) is 11.3 Å². The second kappa shape index (κ2) is 6.61. The first kappa shape index (κ1) is 13.9. The van der Waals surface area contributed by atoms with E-state index in [1.165, 1.54) is 12.7 Å². The van der Waals surface area contributed by atoms with Crippen molar-refractivity contribution in [3.63, 3.8) is 0 Å². The summed E-state index contributed by atoms with van der Waals surface area (Å²) in [4.78, 5) is 20.3. The summed E-state index contributed by atoms with van der Waals surface area (Å²) in [5.41, 5.74) is 1.41. The molecule has 1 aliphatic rings. The molecule has 2 heterocycles. The van der Waals surface area contributed by atoms with Crippen LogP contribution < -0.4 is 10.6 Å². The first-order valence-corrected chi connectivity index (χ1v) is 6.97. The lowest BCUT2D eigenvalue weighted by Crippen LogP contribution is -2.28. The van der Waals surface area contributed by atoms with Gasteiger partial charge in [-0.3, -0.25) is 4.79 Å². The van der Waals surface area contributed by atoms with E-state index >= 15 is 0 Å². The summed E-state index contributed by atoms with van der Waals surface area (Å²) in [7, 11) is 0. The van der Waals surface area contributed by atoms with E-state index in [-0.39, 0.29) is 11.8 Å². The van der Waals surface area contributed by atoms with E-state index in [1.54, 1.807) is 6.20 Å². The molecular weight excluding hydrogens is 240 g/mol. The monoisotopic (exact) mass is 262 g/mol. The maximum atomic E-state index is 12.1. The van der Waals surface area contributed by atoms with Gasteiger partial charge in [-0.1, -0.05) is 13.8 Å². The molecule has 0 saturated carbocycles. The molecule has 2 N–H and O–H groups in total. The minimum Gasteiger partial charge on any atom is -0.352 e. The van der Waals surface area contributed by atoms with Crippen LogP contribution in [0.3, 0.4) is 0 Å². The third-order valence-electron chi connectivity index (χ3n) is 3.54. The van der Waals surface area contributed by atoms with Gasteiger partial charge in [0.1, 0.15) is 6.33 Å². The predicted octanol–water partition coefficient (Wildman–Crippen LogP) is 1.33. The minimum absolute atomic E-state index is 0.0599. The van der Waals surface area contributed by atoms with Gasteiger partial charge in [-0.05, 0) is 37.8 Å². The quantitative estimate of drug-likeness (QED) is 0.840. The van der Waals surface area contributed by atoms with Crippen LogP contribution in [0.1, 0.15) is 48.7 Å². The van der Waals surface area contributed by atoms with E-state index in [2.05, 4.69) is 20.6 Å². The zero-order valence-corrected chi connectivity index (χ0v) is 11.6. The molecule has 5 heteroatoms. The standard InChI is InChI=1S/C14H22N4O/c1-10(2)13-12(8-16-9-18-13)14(19)17-6-4-11-3-5-15-7-11/h8-11,15H,3-7H2,1-2H3,(H,17,19). The van der Waals surface area contributed by atoms with E-state index < -0.39 is 0 Å². The third kappa shape index (κ3) is 3.73. The number of nitrogens with one attached hydrogen (secondary N) is 2. The fourth-order valence-electron chi connectivity index (χ4n) is 2.42. The lowest BCUT2D eigenvalue weighted by atomic mass is 10.0. The number of aromatic nitrogens is 2. The molecule has 0 bridgehead atoms. The highest BCUT2D eigenvalue weighted by atomic mass is 16.1. The van der Waals surface area contributed by atoms with Crippen LogP contribution in [0.15, 0.2) is 12.5 Å². The molecule has 0 aliphatic carbocycles. The lowest BCUT2D eigenvalue weighted by Gasteiger charge is -2.12. The van der Waals surface area contributed by atoms with E-state index in [4.69, 9.17) is 0 Å². The smallest absolute Gasteiger partial charge is 0.254 e. The number of hydrogen-bond donors (Lipinski definition) is 2. The second-order valence-electron chi connectivity index (χ2n) is 5.38. The fourth-order valence-corrected chi connectivity index (χ4v) is 2.42. The van der Waals surface area contributed by atoms with Crippen LogP contribution >= 0.6 is 0 Å². The zero-order valence-electron chi connectivity index (χ0n) is 11.6. The van der Waals surface area contributed by atoms with Crippen molar-refractivity contribution >= 4 is 5.91 Å². The number of rotatable bonds is 5. The van der Waals surface area contributed by atoms with Crippen LogP contribution in [0.4, 0.5) is 0 Å². The molecule has 1 amide bonds. The molecule has 19 heavy (non-hydrogen) atoms. The Bertz CT molecular complexity index is 427. The summed E-state index contributed by atoms with van der Waals surface area (Å²) >= 11 is 0. The molecule has 1 saturated heterocycles. The molecule has 1 atom stereocenters. The highest BCUT2D eigenvalue weighted by Crippen LogP contribution is 2.15. The Kier molecular flexibility index (Phi) is 4.85. The summed E-state index contributed by atoms with van der Waals surface area (Å²) < 4.78 is 0. The van der Waals surface area contributed by atoms with Gasteiger partial charge in [0.2, 0.25) is 0 Å². The summed E-state index contributed by atoms with van der Waals surface area (Å²) in [5, 5.41) is 6.31. The van der Waals surface area contributed by atoms with Crippen LogP contribution in [0, 0.1) is 5.92 Å². The van der Waals surface area contributed by atoms with Gasteiger partial charge in [-0.2, -0.15) is 0 Å². The highest BCUT2D eigenvalue weighted by Gasteiger charge is 2.17. The maximum Gasteiger partial charge on any atom is 0.254 e. The molecule has 1 unspecified atom stereocenters. The summed E-state index contributed by atoms with van der Waals surface area (Å²) in [6.45, 7) is 6.95. The number of hydrogen-bond acceptors (Lipinski definition) is 4. The molecule has 104 valence electrons. The molecule has 1 aliphatic heterocycles. The van der Waals surface area contributed by atoms with E-state index in [0.29, 0.717) is 11.5 Å². The van der Waals surface area contributed by atoms with Crippen molar-refractivity contribution in [3.05, 3.63) is 23.8 Å². The Hall–Kier alpha value is -1.49. The second-order valence-corrected chi connectivity index (χ2v) is 5.38. The Balaban J connectivity index is 1.88. The minimum atomic E-state index is -0.0599. The molecule has 1 fully saturated rings. The van der Waals surface area contributed by atoms with Gasteiger partial charge in [0, 0.05) is 12.7 Å². The number of amides is 1. The van der Waals surface area contributed by atoms with Crippen molar-refractivity contribution in [1.82, 2.24) is 20.6 Å². The highest BCUT2D eigenvalue weighted by molar-refractivity contribution is 5.95. The van der Waals surface area contributed by atoms with Gasteiger partial charge < -0.3 is 10.6 Å². The lowest BCUT2D eigenvalue weighted by molar-refractivity contribution is 0.0949. The molecule has 2 rings (SSSR count). The number of carbonyl (C=O) groups is 1. The van der Waals surface area contributed by atoms with Crippen LogP contribution in [0.2, 0.25) is 0 Å². The van der Waals surface area contributed by atoms with Crippen molar-refractivity contribution in [2.45, 2.75) is 32.6 Å². The SMILES string of the molecule is CC(C)c1ncncc1C(=O)NCCC1CCNC1. The van der Waals surface area contributed by atoms with Gasteiger partial charge in [-0.15, -0.1) is 0 Å². The molecule has 0 spiro atoms. The maximum absolute atomic E-state index is 12.1. The average Bonchev–Trinajstić information content (AvgIpc) is 2.91. The molecule has 0 aromatic carbocycles. The normalized spacial score (nSPS) is 18.8. The molecule has 0 radical (unpaired) electrons. The van der Waals surface area contributed by atoms with Gasteiger partial charge in [0.25, 0.3) is 5.91 Å². The zero-order chi connectivity index (χ0) is 13.7. The summed E-state index contributed by atoms with van der Waals surface area (Å²) in [6.07, 6.45) is 5.34. The van der Waals surface area contributed by atoms with Crippen LogP contribution in [0.25, 0.3) is 0 Å². The Labute approximate surface area is 114 Å². The van der Waals surface area contributed by atoms with Crippen molar-refractivity contribution in [3.8, 4) is 0 Å². The number of carbonyl (C=O) groups excluding carboxylic acids is 1. The van der Waals surface area contributed by atoms with Gasteiger partial charge in [0.15, 0.2) is 0 Å². The van der Waals surface area contributed by atoms with Crippen molar-refractivity contribution in [2.75, 3.05) is 19.6 Å². The van der Waals surface area contributed by atoms with Gasteiger partial charge in [-0.25, -0.2) is 9.97 Å². The fraction of sp³-hybridized carbons (Fsp3) is 0.643. The molecule has 1 aromatic rings. The van der Waals surface area contributed by atoms with Crippen molar-refractivity contribution < 1.29 is 4.79 Å². The van der Waals surface area contributed by atoms with E-state index in [0.717, 1.165) is 31.7 Å². The topological polar surface area (TPSA) is 66.9 Å². The average molecular weight is 262 g/mol. The first-order valence-electron chi connectivity index (χ1n) is 6.97. The van der Waals surface area contributed by atoms with Crippen molar-refractivity contribution in [1.29, 1.82) is 0 Å². The van der Waals surface area contributed by atoms with Crippen LogP contribution in [-0.4, -0.2) is 35.5 Å². The Morgan fingerprint density at radius 1 is 1.58 bits per heavy atom. The summed E-state index contributed by atoms with van der Waals surface area (Å²) in [6, 6.07) is 0. The third-order valence-corrected chi connectivity index (χ3v) is 3.54. The van der Waals surface area contributed by atoms with Crippen LogP contribution in [-0.2, 0) is 0 Å². The van der Waals surface area contributed by atoms with Crippen LogP contribution in [0.5, 0.6) is 0 Å². The molecule has 5 nitrogen and oxygen atoms in total. The van der Waals surface area contributed by atoms with Crippen molar-refractivity contribution in [2.24, 2.45) is 5.92 Å². The molecular formula is C14H22N4O. The number of nitrogens with zero attached hydrogens (tertiary/aromatic N) is 2. The Morgan fingerprint density at radius 2 is 2.42 bits per heavy atom. The Morgan fingerprint density at radius 3 is 3.11 bits per heavy atom. The molecule has 1 aromatic heterocycles. The van der Waals surface area contributed by atoms with E-state index in [9.17, 15) is 4.79 Å². The first-order chi connectivity index (χ1) is 9.18. The van der Waals surface area contributed by atoms with Gasteiger partial charge >= 0.3 is 0 Å².